The Morgan fingerprint density at radius 2 is 1.69 bits per heavy atom. The van der Waals surface area contributed by atoms with E-state index in [2.05, 4.69) is 30.9 Å². The molecule has 3 rings (SSSR count). The maximum Gasteiger partial charge on any atom is 0.332 e. The third-order valence-corrected chi connectivity index (χ3v) is 7.09. The van der Waals surface area contributed by atoms with Crippen LogP contribution in [0.5, 0.6) is 0 Å². The summed E-state index contributed by atoms with van der Waals surface area (Å²) in [5.41, 5.74) is 3.10. The molecule has 0 radical (unpaired) electrons. The van der Waals surface area contributed by atoms with Gasteiger partial charge < -0.3 is 19.1 Å². The van der Waals surface area contributed by atoms with E-state index in [0.717, 1.165) is 56.4 Å². The van der Waals surface area contributed by atoms with E-state index in [1.807, 2.05) is 49.4 Å². The standard InChI is InChI=1S/C30H41NO5/c1-4-31(5-2)18-19-34-22-29(32)36-28-13-9-12-27(28)20-24-14-16-26(17-15-24)23(3)30(33)35-21-25-10-7-6-8-11-25/h6-8,10-11,14-17,23,27-28H,4-5,9,12-13,18-22H2,1-3H3/t23-,27+,28-/m0/s1. The van der Waals surface area contributed by atoms with Crippen LogP contribution in [-0.4, -0.2) is 55.8 Å². The molecule has 196 valence electrons. The number of nitrogens with zero attached hydrogens (tertiary/aromatic N) is 1. The average Bonchev–Trinajstić information content (AvgIpc) is 3.34. The second-order valence-electron chi connectivity index (χ2n) is 9.56. The summed E-state index contributed by atoms with van der Waals surface area (Å²) in [7, 11) is 0. The number of carbonyl (C=O) groups excluding carboxylic acids is 2. The molecular weight excluding hydrogens is 454 g/mol. The molecule has 0 aliphatic heterocycles. The fraction of sp³-hybridized carbons (Fsp3) is 0.533. The molecule has 1 saturated carbocycles. The van der Waals surface area contributed by atoms with Gasteiger partial charge in [-0.1, -0.05) is 68.4 Å². The second-order valence-corrected chi connectivity index (χ2v) is 9.56. The molecule has 0 unspecified atom stereocenters. The molecule has 0 aromatic heterocycles. The molecule has 1 aliphatic rings. The Balaban J connectivity index is 1.43. The highest BCUT2D eigenvalue weighted by molar-refractivity contribution is 5.77. The number of ether oxygens (including phenoxy) is 3. The summed E-state index contributed by atoms with van der Waals surface area (Å²) in [5.74, 6) is -0.522. The van der Waals surface area contributed by atoms with Gasteiger partial charge in [0.05, 0.1) is 12.5 Å². The van der Waals surface area contributed by atoms with Crippen molar-refractivity contribution in [2.24, 2.45) is 5.92 Å². The highest BCUT2D eigenvalue weighted by atomic mass is 16.6. The van der Waals surface area contributed by atoms with Gasteiger partial charge in [0.15, 0.2) is 0 Å². The largest absolute Gasteiger partial charge is 0.460 e. The smallest absolute Gasteiger partial charge is 0.332 e. The third kappa shape index (κ3) is 8.75. The quantitative estimate of drug-likeness (QED) is 0.267. The van der Waals surface area contributed by atoms with E-state index in [4.69, 9.17) is 14.2 Å². The van der Waals surface area contributed by atoms with E-state index in [-0.39, 0.29) is 37.2 Å². The zero-order chi connectivity index (χ0) is 25.8. The van der Waals surface area contributed by atoms with Crippen LogP contribution in [0.2, 0.25) is 0 Å². The first-order valence-corrected chi connectivity index (χ1v) is 13.3. The van der Waals surface area contributed by atoms with Gasteiger partial charge in [-0.25, -0.2) is 4.79 Å². The van der Waals surface area contributed by atoms with Crippen molar-refractivity contribution in [2.75, 3.05) is 32.8 Å². The van der Waals surface area contributed by atoms with E-state index < -0.39 is 0 Å². The summed E-state index contributed by atoms with van der Waals surface area (Å²) >= 11 is 0. The van der Waals surface area contributed by atoms with Crippen molar-refractivity contribution in [2.45, 2.75) is 65.1 Å². The van der Waals surface area contributed by atoms with Crippen LogP contribution in [0.25, 0.3) is 0 Å². The normalized spacial score (nSPS) is 18.2. The summed E-state index contributed by atoms with van der Waals surface area (Å²) in [5, 5.41) is 0. The number of rotatable bonds is 14. The highest BCUT2D eigenvalue weighted by Gasteiger charge is 2.30. The number of hydrogen-bond donors (Lipinski definition) is 0. The van der Waals surface area contributed by atoms with Crippen molar-refractivity contribution in [3.05, 3.63) is 71.3 Å². The molecule has 0 spiro atoms. The molecule has 6 nitrogen and oxygen atoms in total. The predicted molar refractivity (Wildman–Crippen MR) is 141 cm³/mol. The maximum atomic E-state index is 12.5. The molecular formula is C30H41NO5. The zero-order valence-electron chi connectivity index (χ0n) is 22.0. The lowest BCUT2D eigenvalue weighted by Crippen LogP contribution is -2.29. The van der Waals surface area contributed by atoms with Crippen molar-refractivity contribution in [1.29, 1.82) is 0 Å². The minimum atomic E-state index is -0.329. The Bertz CT molecular complexity index is 926. The first-order valence-electron chi connectivity index (χ1n) is 13.3. The Morgan fingerprint density at radius 3 is 2.39 bits per heavy atom. The van der Waals surface area contributed by atoms with Gasteiger partial charge in [0.25, 0.3) is 0 Å². The van der Waals surface area contributed by atoms with Gasteiger partial charge in [0, 0.05) is 6.54 Å². The highest BCUT2D eigenvalue weighted by Crippen LogP contribution is 2.31. The van der Waals surface area contributed by atoms with Gasteiger partial charge in [-0.2, -0.15) is 0 Å². The Labute approximate surface area is 215 Å². The van der Waals surface area contributed by atoms with E-state index in [9.17, 15) is 9.59 Å². The average molecular weight is 496 g/mol. The van der Waals surface area contributed by atoms with Crippen molar-refractivity contribution in [3.8, 4) is 0 Å². The Hall–Kier alpha value is -2.70. The van der Waals surface area contributed by atoms with Gasteiger partial charge in [-0.05, 0) is 68.3 Å². The summed E-state index contributed by atoms with van der Waals surface area (Å²) in [6, 6.07) is 17.9. The van der Waals surface area contributed by atoms with Crippen LogP contribution in [0.15, 0.2) is 54.6 Å². The van der Waals surface area contributed by atoms with Gasteiger partial charge in [-0.15, -0.1) is 0 Å². The van der Waals surface area contributed by atoms with Crippen LogP contribution in [0.4, 0.5) is 0 Å². The lowest BCUT2D eigenvalue weighted by atomic mass is 9.93. The first kappa shape index (κ1) is 27.9. The molecule has 0 N–H and O–H groups in total. The zero-order valence-corrected chi connectivity index (χ0v) is 22.0. The minimum absolute atomic E-state index is 0.0114. The van der Waals surface area contributed by atoms with E-state index in [0.29, 0.717) is 12.5 Å². The molecule has 6 heteroatoms. The van der Waals surface area contributed by atoms with Gasteiger partial charge in [0.2, 0.25) is 0 Å². The van der Waals surface area contributed by atoms with Crippen LogP contribution in [0, 0.1) is 5.92 Å². The summed E-state index contributed by atoms with van der Waals surface area (Å²) in [6.45, 7) is 9.72. The fourth-order valence-corrected chi connectivity index (χ4v) is 4.72. The van der Waals surface area contributed by atoms with Gasteiger partial charge in [-0.3, -0.25) is 4.79 Å². The topological polar surface area (TPSA) is 65.1 Å². The van der Waals surface area contributed by atoms with Crippen molar-refractivity contribution in [1.82, 2.24) is 4.90 Å². The molecule has 0 bridgehead atoms. The van der Waals surface area contributed by atoms with Crippen LogP contribution in [0.3, 0.4) is 0 Å². The molecule has 3 atom stereocenters. The molecule has 0 saturated heterocycles. The van der Waals surface area contributed by atoms with Crippen LogP contribution >= 0.6 is 0 Å². The fourth-order valence-electron chi connectivity index (χ4n) is 4.72. The molecule has 0 amide bonds. The summed E-state index contributed by atoms with van der Waals surface area (Å²) in [4.78, 5) is 27.1. The molecule has 1 fully saturated rings. The molecule has 0 heterocycles. The van der Waals surface area contributed by atoms with Crippen molar-refractivity contribution >= 4 is 11.9 Å². The first-order chi connectivity index (χ1) is 17.5. The number of benzene rings is 2. The number of esters is 2. The molecule has 2 aromatic carbocycles. The Morgan fingerprint density at radius 1 is 0.972 bits per heavy atom. The Kier molecular flexibility index (Phi) is 11.4. The van der Waals surface area contributed by atoms with E-state index in [1.54, 1.807) is 0 Å². The van der Waals surface area contributed by atoms with Gasteiger partial charge >= 0.3 is 11.9 Å². The van der Waals surface area contributed by atoms with Crippen LogP contribution < -0.4 is 0 Å². The van der Waals surface area contributed by atoms with Crippen molar-refractivity contribution < 1.29 is 23.8 Å². The van der Waals surface area contributed by atoms with Gasteiger partial charge in [0.1, 0.15) is 19.3 Å². The van der Waals surface area contributed by atoms with Crippen LogP contribution in [-0.2, 0) is 36.8 Å². The van der Waals surface area contributed by atoms with E-state index in [1.165, 1.54) is 5.56 Å². The van der Waals surface area contributed by atoms with Crippen LogP contribution in [0.1, 0.15) is 62.6 Å². The lowest BCUT2D eigenvalue weighted by Gasteiger charge is -2.21. The SMILES string of the molecule is CCN(CC)CCOCC(=O)O[C@H]1CCC[C@@H]1Cc1ccc([C@H](C)C(=O)OCc2ccccc2)cc1. The van der Waals surface area contributed by atoms with Crippen molar-refractivity contribution in [3.63, 3.8) is 0 Å². The monoisotopic (exact) mass is 495 g/mol. The maximum absolute atomic E-state index is 12.5. The predicted octanol–water partition coefficient (Wildman–Crippen LogP) is 5.15. The summed E-state index contributed by atoms with van der Waals surface area (Å²) < 4.78 is 16.8. The summed E-state index contributed by atoms with van der Waals surface area (Å²) in [6.07, 6.45) is 3.81. The number of hydrogen-bond acceptors (Lipinski definition) is 6. The lowest BCUT2D eigenvalue weighted by molar-refractivity contribution is -0.156. The third-order valence-electron chi connectivity index (χ3n) is 7.09. The van der Waals surface area contributed by atoms with E-state index >= 15 is 0 Å². The number of carbonyl (C=O) groups is 2. The number of likely N-dealkylation sites (N-methyl/N-ethyl adjacent to an activating group) is 1. The molecule has 1 aliphatic carbocycles. The minimum Gasteiger partial charge on any atom is -0.460 e. The molecule has 2 aromatic rings. The second kappa shape index (κ2) is 14.8. The molecule has 36 heavy (non-hydrogen) atoms.